The van der Waals surface area contributed by atoms with Gasteiger partial charge in [-0.15, -0.1) is 0 Å². The largest absolute Gasteiger partial charge is 0.462 e. The molecule has 11 heteroatoms. The van der Waals surface area contributed by atoms with E-state index < -0.39 is 14.6 Å². The van der Waals surface area contributed by atoms with Crippen molar-refractivity contribution in [2.24, 2.45) is 0 Å². The first-order chi connectivity index (χ1) is 20.7. The van der Waals surface area contributed by atoms with E-state index in [-0.39, 0.29) is 18.2 Å². The van der Waals surface area contributed by atoms with E-state index in [4.69, 9.17) is 29.2 Å². The molecule has 0 saturated carbocycles. The lowest BCUT2D eigenvalue weighted by atomic mass is 10.1. The van der Waals surface area contributed by atoms with Crippen molar-refractivity contribution in [3.8, 4) is 5.75 Å². The number of pyridine rings is 1. The summed E-state index contributed by atoms with van der Waals surface area (Å²) in [5.74, 6) is 1.36. The molecule has 3 N–H and O–H groups in total. The Kier molecular flexibility index (Phi) is 9.72. The van der Waals surface area contributed by atoms with Crippen molar-refractivity contribution in [1.29, 1.82) is 0 Å². The van der Waals surface area contributed by atoms with Gasteiger partial charge < -0.3 is 28.8 Å². The number of ether oxygens (including phenoxy) is 2. The number of para-hydroxylation sites is 1. The number of esters is 1. The van der Waals surface area contributed by atoms with E-state index in [1.165, 1.54) is 0 Å². The fourth-order valence-corrected chi connectivity index (χ4v) is 6.16. The van der Waals surface area contributed by atoms with Crippen LogP contribution in [0, 0.1) is 0 Å². The molecule has 2 aromatic heterocycles. The minimum atomic E-state index is -1.79. The van der Waals surface area contributed by atoms with Crippen molar-refractivity contribution in [2.75, 3.05) is 12.3 Å². The topological polar surface area (TPSA) is 123 Å². The molecule has 0 bridgehead atoms. The van der Waals surface area contributed by atoms with Crippen LogP contribution in [0.4, 0.5) is 5.82 Å². The number of nitrogen functional groups attached to an aromatic ring is 1. The number of carbonyl (C=O) groups is 1. The summed E-state index contributed by atoms with van der Waals surface area (Å²) in [4.78, 5) is 22.1. The SMILES string of the molecule is CCOCc1nc2c(N)nc3ccccc3c2n1C[C@H](C)O[P@](N[C@@H](C)C(=O)OC(C)C)Oc1cccc2ccccc12. The van der Waals surface area contributed by atoms with Crippen molar-refractivity contribution >= 4 is 53.0 Å². The molecule has 43 heavy (non-hydrogen) atoms. The third-order valence-electron chi connectivity index (χ3n) is 6.78. The Balaban J connectivity index is 1.47. The second-order valence-electron chi connectivity index (χ2n) is 10.6. The lowest BCUT2D eigenvalue weighted by molar-refractivity contribution is -0.149. The summed E-state index contributed by atoms with van der Waals surface area (Å²) in [6, 6.07) is 21.0. The molecule has 0 saturated heterocycles. The van der Waals surface area contributed by atoms with Crippen molar-refractivity contribution in [3.63, 3.8) is 0 Å². The Morgan fingerprint density at radius 2 is 1.70 bits per heavy atom. The van der Waals surface area contributed by atoms with Gasteiger partial charge in [0.25, 0.3) is 0 Å². The number of aromatic nitrogens is 3. The Bertz CT molecular complexity index is 1720. The molecule has 0 aliphatic heterocycles. The van der Waals surface area contributed by atoms with Crippen molar-refractivity contribution in [2.45, 2.75) is 66.0 Å². The summed E-state index contributed by atoms with van der Waals surface area (Å²) < 4.78 is 26.3. The normalized spacial score (nSPS) is 13.9. The minimum absolute atomic E-state index is 0.239. The molecule has 10 nitrogen and oxygen atoms in total. The second-order valence-corrected chi connectivity index (χ2v) is 11.7. The predicted octanol–water partition coefficient (Wildman–Crippen LogP) is 6.50. The van der Waals surface area contributed by atoms with E-state index in [9.17, 15) is 4.79 Å². The molecule has 0 spiro atoms. The molecule has 5 rings (SSSR count). The Morgan fingerprint density at radius 3 is 2.47 bits per heavy atom. The van der Waals surface area contributed by atoms with Crippen LogP contribution in [0.5, 0.6) is 5.75 Å². The van der Waals surface area contributed by atoms with Crippen molar-refractivity contribution < 1.29 is 23.3 Å². The van der Waals surface area contributed by atoms with Crippen LogP contribution in [0.3, 0.4) is 0 Å². The summed E-state index contributed by atoms with van der Waals surface area (Å²) in [7, 11) is -1.79. The third kappa shape index (κ3) is 7.05. The quantitative estimate of drug-likeness (QED) is 0.115. The number of nitrogens with two attached hydrogens (primary N) is 1. The first-order valence-electron chi connectivity index (χ1n) is 14.5. The lowest BCUT2D eigenvalue weighted by Gasteiger charge is -2.26. The fourth-order valence-electron chi connectivity index (χ4n) is 4.85. The molecule has 2 heterocycles. The van der Waals surface area contributed by atoms with Gasteiger partial charge in [0.2, 0.25) is 0 Å². The number of nitrogens with one attached hydrogen (secondary N) is 1. The van der Waals surface area contributed by atoms with Crippen LogP contribution in [0.15, 0.2) is 66.7 Å². The van der Waals surface area contributed by atoms with Crippen LogP contribution in [-0.4, -0.2) is 45.4 Å². The Morgan fingerprint density at radius 1 is 0.977 bits per heavy atom. The molecule has 0 aliphatic carbocycles. The highest BCUT2D eigenvalue weighted by Crippen LogP contribution is 2.41. The van der Waals surface area contributed by atoms with Gasteiger partial charge in [0.05, 0.1) is 29.8 Å². The molecule has 3 atom stereocenters. The van der Waals surface area contributed by atoms with E-state index in [1.54, 1.807) is 6.92 Å². The summed E-state index contributed by atoms with van der Waals surface area (Å²) >= 11 is 0. The zero-order valence-corrected chi connectivity index (χ0v) is 26.0. The predicted molar refractivity (Wildman–Crippen MR) is 171 cm³/mol. The van der Waals surface area contributed by atoms with Gasteiger partial charge in [-0.1, -0.05) is 54.6 Å². The number of imidazole rings is 1. The van der Waals surface area contributed by atoms with Gasteiger partial charge >= 0.3 is 14.5 Å². The van der Waals surface area contributed by atoms with E-state index in [0.29, 0.717) is 36.8 Å². The van der Waals surface area contributed by atoms with Gasteiger partial charge in [-0.25, -0.2) is 15.1 Å². The van der Waals surface area contributed by atoms with Gasteiger partial charge in [0, 0.05) is 17.4 Å². The van der Waals surface area contributed by atoms with Gasteiger partial charge in [-0.2, -0.15) is 0 Å². The summed E-state index contributed by atoms with van der Waals surface area (Å²) in [5, 5.41) is 6.16. The number of hydrogen-bond acceptors (Lipinski definition) is 9. The first-order valence-corrected chi connectivity index (χ1v) is 15.6. The molecular formula is C32H38N5O5P. The molecule has 0 radical (unpaired) electrons. The number of carbonyl (C=O) groups excluding carboxylic acids is 1. The van der Waals surface area contributed by atoms with Gasteiger partial charge in [0.15, 0.2) is 5.82 Å². The van der Waals surface area contributed by atoms with E-state index in [1.807, 2.05) is 94.4 Å². The third-order valence-corrected chi connectivity index (χ3v) is 8.29. The molecule has 226 valence electrons. The van der Waals surface area contributed by atoms with Crippen LogP contribution in [0.1, 0.15) is 40.4 Å². The van der Waals surface area contributed by atoms with Crippen LogP contribution < -0.4 is 15.3 Å². The van der Waals surface area contributed by atoms with Gasteiger partial charge in [0.1, 0.15) is 29.7 Å². The average molecular weight is 604 g/mol. The molecule has 5 aromatic rings. The maximum Gasteiger partial charge on any atom is 0.323 e. The van der Waals surface area contributed by atoms with E-state index in [0.717, 1.165) is 33.0 Å². The highest BCUT2D eigenvalue weighted by Gasteiger charge is 2.27. The van der Waals surface area contributed by atoms with Crippen LogP contribution in [-0.2, 0) is 31.9 Å². The van der Waals surface area contributed by atoms with Crippen molar-refractivity contribution in [3.05, 3.63) is 72.6 Å². The second kappa shape index (κ2) is 13.7. The monoisotopic (exact) mass is 603 g/mol. The summed E-state index contributed by atoms with van der Waals surface area (Å²) in [6.07, 6.45) is -0.607. The number of fused-ring (bicyclic) bond motifs is 4. The van der Waals surface area contributed by atoms with Crippen LogP contribution in [0.2, 0.25) is 0 Å². The smallest absolute Gasteiger partial charge is 0.323 e. The van der Waals surface area contributed by atoms with Crippen LogP contribution in [0.25, 0.3) is 32.7 Å². The molecule has 0 unspecified atom stereocenters. The number of nitrogens with zero attached hydrogens (tertiary/aromatic N) is 3. The van der Waals surface area contributed by atoms with Gasteiger partial charge in [-0.3, -0.25) is 4.79 Å². The number of rotatable bonds is 13. The molecule has 0 aliphatic rings. The lowest BCUT2D eigenvalue weighted by Crippen LogP contribution is -2.35. The number of benzene rings is 3. The maximum absolute atomic E-state index is 12.7. The number of anilines is 1. The van der Waals surface area contributed by atoms with E-state index >= 15 is 0 Å². The minimum Gasteiger partial charge on any atom is -0.462 e. The molecule has 3 aromatic carbocycles. The highest BCUT2D eigenvalue weighted by atomic mass is 31.2. The summed E-state index contributed by atoms with van der Waals surface area (Å²) in [5.41, 5.74) is 8.64. The number of hydrogen-bond donors (Lipinski definition) is 2. The van der Waals surface area contributed by atoms with E-state index in [2.05, 4.69) is 14.6 Å². The Hall–Kier alpha value is -3.82. The zero-order valence-electron chi connectivity index (χ0n) is 25.1. The van der Waals surface area contributed by atoms with Crippen LogP contribution >= 0.6 is 8.53 Å². The standard InChI is InChI=1S/C32H38N5O5P/c1-6-39-19-28-35-29-30(25-15-9-10-16-26(25)34-31(29)33)37(28)18-21(4)41-43(36-22(5)32(38)40-20(2)3)42-27-17-11-13-23-12-7-8-14-24(23)27/h7-17,20-22,36H,6,18-19H2,1-5H3,(H2,33,34)/t21-,22-,43-/m0/s1. The molecule has 0 fully saturated rings. The average Bonchev–Trinajstić information content (AvgIpc) is 3.34. The highest BCUT2D eigenvalue weighted by molar-refractivity contribution is 7.45. The maximum atomic E-state index is 12.7. The Labute approximate surface area is 252 Å². The first kappa shape index (κ1) is 30.6. The van der Waals surface area contributed by atoms with Crippen molar-refractivity contribution in [1.82, 2.24) is 19.6 Å². The van der Waals surface area contributed by atoms with Gasteiger partial charge in [-0.05, 0) is 52.1 Å². The molecule has 0 amide bonds. The summed E-state index contributed by atoms with van der Waals surface area (Å²) in [6.45, 7) is 10.6. The molecular weight excluding hydrogens is 565 g/mol. The zero-order chi connectivity index (χ0) is 30.5. The fraction of sp³-hybridized carbons (Fsp3) is 0.344.